The van der Waals surface area contributed by atoms with Crippen molar-refractivity contribution >= 4 is 37.5 Å². The Hall–Kier alpha value is -1.95. The summed E-state index contributed by atoms with van der Waals surface area (Å²) in [7, 11) is -4.45. The molecule has 2 atom stereocenters. The lowest BCUT2D eigenvalue weighted by molar-refractivity contribution is 0.102. The van der Waals surface area contributed by atoms with Gasteiger partial charge in [0.15, 0.2) is 0 Å². The first-order chi connectivity index (χ1) is 13.6. The highest BCUT2D eigenvalue weighted by molar-refractivity contribution is 9.10. The van der Waals surface area contributed by atoms with Gasteiger partial charge in [0.1, 0.15) is 22.3 Å². The third-order valence-electron chi connectivity index (χ3n) is 4.52. The minimum atomic E-state index is -4.45. The van der Waals surface area contributed by atoms with Crippen LogP contribution in [-0.2, 0) is 10.0 Å². The summed E-state index contributed by atoms with van der Waals surface area (Å²) in [5, 5.41) is 12.1. The van der Waals surface area contributed by atoms with E-state index in [9.17, 15) is 31.5 Å². The van der Waals surface area contributed by atoms with E-state index < -0.39 is 56.0 Å². The lowest BCUT2D eigenvalue weighted by Crippen LogP contribution is -2.40. The van der Waals surface area contributed by atoms with Crippen LogP contribution in [0.25, 0.3) is 0 Å². The number of rotatable bonds is 5. The molecule has 0 radical (unpaired) electrons. The Kier molecular flexibility index (Phi) is 6.32. The number of nitrogens with one attached hydrogen (secondary N) is 2. The number of hydrogen-bond donors (Lipinski definition) is 3. The molecule has 1 aliphatic rings. The van der Waals surface area contributed by atoms with Crippen molar-refractivity contribution in [3.05, 3.63) is 57.8 Å². The van der Waals surface area contributed by atoms with Crippen molar-refractivity contribution in [2.24, 2.45) is 0 Å². The topological polar surface area (TPSA) is 95.5 Å². The number of amides is 1. The summed E-state index contributed by atoms with van der Waals surface area (Å²) in [5.74, 6) is -4.26. The fraction of sp³-hybridized carbons (Fsp3) is 0.278. The largest absolute Gasteiger partial charge is 0.391 e. The Balaban J connectivity index is 1.90. The molecule has 0 aliphatic heterocycles. The summed E-state index contributed by atoms with van der Waals surface area (Å²) in [6, 6.07) is 3.61. The number of carbonyl (C=O) groups is 1. The fourth-order valence-electron chi connectivity index (χ4n) is 3.02. The summed E-state index contributed by atoms with van der Waals surface area (Å²) < 4.78 is 68.9. The highest BCUT2D eigenvalue weighted by Crippen LogP contribution is 2.25. The second-order valence-corrected chi connectivity index (χ2v) is 9.11. The number of aliphatic hydroxyl groups excluding tert-OH is 1. The van der Waals surface area contributed by atoms with Gasteiger partial charge in [-0.2, -0.15) is 0 Å². The van der Waals surface area contributed by atoms with E-state index in [-0.39, 0.29) is 10.2 Å². The number of carbonyl (C=O) groups excluding carboxylic acids is 1. The van der Waals surface area contributed by atoms with Crippen molar-refractivity contribution in [3.8, 4) is 0 Å². The molecule has 29 heavy (non-hydrogen) atoms. The van der Waals surface area contributed by atoms with Gasteiger partial charge in [0.05, 0.1) is 16.1 Å². The van der Waals surface area contributed by atoms with E-state index >= 15 is 0 Å². The second kappa shape index (κ2) is 8.42. The lowest BCUT2D eigenvalue weighted by atomic mass is 10.2. The first-order valence-electron chi connectivity index (χ1n) is 8.54. The SMILES string of the molecule is O=C(Nc1ccc(F)c(Br)c1)c1cc(S(=O)(=O)NC2CCCC2O)c(F)cc1F. The first-order valence-corrected chi connectivity index (χ1v) is 10.8. The van der Waals surface area contributed by atoms with Crippen LogP contribution in [0.4, 0.5) is 18.9 Å². The number of sulfonamides is 1. The van der Waals surface area contributed by atoms with E-state index in [0.29, 0.717) is 31.4 Å². The van der Waals surface area contributed by atoms with E-state index in [1.807, 2.05) is 0 Å². The zero-order chi connectivity index (χ0) is 21.3. The van der Waals surface area contributed by atoms with Gasteiger partial charge in [0.2, 0.25) is 10.0 Å². The van der Waals surface area contributed by atoms with Crippen LogP contribution in [0.3, 0.4) is 0 Å². The molecule has 2 aromatic rings. The van der Waals surface area contributed by atoms with Crippen LogP contribution in [-0.4, -0.2) is 31.6 Å². The summed E-state index contributed by atoms with van der Waals surface area (Å²) in [6.07, 6.45) is 0.463. The fourth-order valence-corrected chi connectivity index (χ4v) is 4.79. The maximum Gasteiger partial charge on any atom is 0.258 e. The van der Waals surface area contributed by atoms with Gasteiger partial charge in [-0.05, 0) is 59.5 Å². The monoisotopic (exact) mass is 492 g/mol. The number of aliphatic hydroxyl groups is 1. The van der Waals surface area contributed by atoms with Crippen LogP contribution < -0.4 is 10.0 Å². The molecule has 1 aliphatic carbocycles. The molecule has 156 valence electrons. The quantitative estimate of drug-likeness (QED) is 0.596. The van der Waals surface area contributed by atoms with Crippen molar-refractivity contribution in [1.82, 2.24) is 4.72 Å². The molecule has 11 heteroatoms. The Morgan fingerprint density at radius 1 is 1.07 bits per heavy atom. The Labute approximate surface area is 173 Å². The first kappa shape index (κ1) is 21.8. The molecule has 6 nitrogen and oxygen atoms in total. The molecule has 2 aromatic carbocycles. The van der Waals surface area contributed by atoms with Crippen LogP contribution in [0.1, 0.15) is 29.6 Å². The van der Waals surface area contributed by atoms with Gasteiger partial charge in [-0.1, -0.05) is 0 Å². The van der Waals surface area contributed by atoms with Crippen molar-refractivity contribution < 1.29 is 31.5 Å². The predicted octanol–water partition coefficient (Wildman–Crippen LogP) is 3.31. The molecule has 1 fully saturated rings. The Morgan fingerprint density at radius 2 is 1.79 bits per heavy atom. The van der Waals surface area contributed by atoms with Gasteiger partial charge < -0.3 is 10.4 Å². The third-order valence-corrected chi connectivity index (χ3v) is 6.63. The molecule has 1 amide bonds. The average Bonchev–Trinajstić information content (AvgIpc) is 3.02. The van der Waals surface area contributed by atoms with Crippen molar-refractivity contribution in [2.45, 2.75) is 36.3 Å². The number of halogens is 4. The minimum absolute atomic E-state index is 0.0532. The predicted molar refractivity (Wildman–Crippen MR) is 102 cm³/mol. The normalized spacial score (nSPS) is 19.3. The van der Waals surface area contributed by atoms with Crippen molar-refractivity contribution in [1.29, 1.82) is 0 Å². The molecule has 0 aromatic heterocycles. The minimum Gasteiger partial charge on any atom is -0.391 e. The molecule has 1 saturated carbocycles. The standard InChI is InChI=1S/C18H16BrF3N2O4S/c19-11-6-9(4-5-12(11)20)23-18(26)10-7-17(14(22)8-13(10)21)29(27,28)24-15-2-1-3-16(15)25/h4-8,15-16,24-25H,1-3H2,(H,23,26). The molecular formula is C18H16BrF3N2O4S. The van der Waals surface area contributed by atoms with E-state index in [1.54, 1.807) is 0 Å². The maximum absolute atomic E-state index is 14.2. The average molecular weight is 493 g/mol. The molecule has 2 unspecified atom stereocenters. The summed E-state index contributed by atoms with van der Waals surface area (Å²) in [6.45, 7) is 0. The molecule has 0 saturated heterocycles. The lowest BCUT2D eigenvalue weighted by Gasteiger charge is -2.17. The van der Waals surface area contributed by atoms with E-state index in [2.05, 4.69) is 26.0 Å². The van der Waals surface area contributed by atoms with Gasteiger partial charge in [0.25, 0.3) is 5.91 Å². The van der Waals surface area contributed by atoms with Gasteiger partial charge in [-0.3, -0.25) is 4.79 Å². The van der Waals surface area contributed by atoms with Crippen LogP contribution >= 0.6 is 15.9 Å². The van der Waals surface area contributed by atoms with Crippen LogP contribution in [0.5, 0.6) is 0 Å². The number of anilines is 1. The van der Waals surface area contributed by atoms with Crippen molar-refractivity contribution in [3.63, 3.8) is 0 Å². The summed E-state index contributed by atoms with van der Waals surface area (Å²) in [4.78, 5) is 11.5. The molecule has 0 bridgehead atoms. The zero-order valence-corrected chi connectivity index (χ0v) is 17.2. The van der Waals surface area contributed by atoms with Gasteiger partial charge in [-0.25, -0.2) is 26.3 Å². The maximum atomic E-state index is 14.2. The van der Waals surface area contributed by atoms with E-state index in [4.69, 9.17) is 0 Å². The molecule has 3 rings (SSSR count). The summed E-state index contributed by atoms with van der Waals surface area (Å²) in [5.41, 5.74) is -0.595. The van der Waals surface area contributed by atoms with Gasteiger partial charge >= 0.3 is 0 Å². The Morgan fingerprint density at radius 3 is 2.41 bits per heavy atom. The molecule has 3 N–H and O–H groups in total. The highest BCUT2D eigenvalue weighted by atomic mass is 79.9. The molecule has 0 spiro atoms. The molecular weight excluding hydrogens is 477 g/mol. The molecule has 0 heterocycles. The van der Waals surface area contributed by atoms with Crippen LogP contribution in [0, 0.1) is 17.5 Å². The summed E-state index contributed by atoms with van der Waals surface area (Å²) >= 11 is 2.94. The van der Waals surface area contributed by atoms with E-state index in [1.165, 1.54) is 12.1 Å². The smallest absolute Gasteiger partial charge is 0.258 e. The Bertz CT molecular complexity index is 1070. The van der Waals surface area contributed by atoms with Crippen LogP contribution in [0.2, 0.25) is 0 Å². The van der Waals surface area contributed by atoms with Crippen molar-refractivity contribution in [2.75, 3.05) is 5.32 Å². The van der Waals surface area contributed by atoms with Crippen LogP contribution in [0.15, 0.2) is 39.7 Å². The highest BCUT2D eigenvalue weighted by Gasteiger charge is 2.32. The zero-order valence-electron chi connectivity index (χ0n) is 14.8. The third kappa shape index (κ3) is 4.80. The number of benzene rings is 2. The van der Waals surface area contributed by atoms with E-state index in [0.717, 1.165) is 6.07 Å². The second-order valence-electron chi connectivity index (χ2n) is 6.57. The van der Waals surface area contributed by atoms with Gasteiger partial charge in [0, 0.05) is 17.8 Å². The number of hydrogen-bond acceptors (Lipinski definition) is 4. The van der Waals surface area contributed by atoms with Gasteiger partial charge in [-0.15, -0.1) is 0 Å².